The highest BCUT2D eigenvalue weighted by molar-refractivity contribution is 7.15. The van der Waals surface area contributed by atoms with Crippen LogP contribution in [0, 0.1) is 0 Å². The quantitative estimate of drug-likeness (QED) is 0.906. The minimum absolute atomic E-state index is 0.422. The van der Waals surface area contributed by atoms with Gasteiger partial charge in [-0.15, -0.1) is 11.3 Å². The van der Waals surface area contributed by atoms with Crippen molar-refractivity contribution in [2.75, 3.05) is 37.6 Å². The Hall–Kier alpha value is -0.650. The van der Waals surface area contributed by atoms with Crippen LogP contribution in [-0.4, -0.2) is 48.6 Å². The molecule has 0 amide bonds. The molecule has 2 fully saturated rings. The number of anilines is 1. The molecule has 5 heteroatoms. The van der Waals surface area contributed by atoms with E-state index in [9.17, 15) is 0 Å². The van der Waals surface area contributed by atoms with Crippen LogP contribution in [0.5, 0.6) is 0 Å². The van der Waals surface area contributed by atoms with Crippen molar-refractivity contribution in [3.63, 3.8) is 0 Å². The lowest BCUT2D eigenvalue weighted by molar-refractivity contribution is 0.273. The summed E-state index contributed by atoms with van der Waals surface area (Å²) >= 11 is 1.88. The van der Waals surface area contributed by atoms with Crippen molar-refractivity contribution >= 4 is 16.5 Å². The third-order valence-corrected chi connectivity index (χ3v) is 5.95. The highest BCUT2D eigenvalue weighted by Crippen LogP contribution is 2.30. The monoisotopic (exact) mass is 308 g/mol. The first-order chi connectivity index (χ1) is 10.3. The fourth-order valence-corrected chi connectivity index (χ4v) is 4.44. The zero-order chi connectivity index (χ0) is 14.7. The number of thiazole rings is 1. The van der Waals surface area contributed by atoms with Crippen LogP contribution in [0.15, 0.2) is 6.20 Å². The Morgan fingerprint density at radius 1 is 1.38 bits per heavy atom. The van der Waals surface area contributed by atoms with Crippen LogP contribution in [0.2, 0.25) is 0 Å². The lowest BCUT2D eigenvalue weighted by Crippen LogP contribution is -2.36. The number of rotatable bonds is 5. The molecule has 3 rings (SSSR count). The Morgan fingerprint density at radius 2 is 2.24 bits per heavy atom. The minimum Gasteiger partial charge on any atom is -0.346 e. The van der Waals surface area contributed by atoms with Gasteiger partial charge in [-0.25, -0.2) is 4.98 Å². The number of nitrogens with zero attached hydrogens (tertiary/aromatic N) is 3. The summed E-state index contributed by atoms with van der Waals surface area (Å²) < 4.78 is 0. The van der Waals surface area contributed by atoms with Crippen molar-refractivity contribution < 1.29 is 0 Å². The Morgan fingerprint density at radius 3 is 3.10 bits per heavy atom. The van der Waals surface area contributed by atoms with E-state index in [0.717, 1.165) is 19.1 Å². The lowest BCUT2D eigenvalue weighted by atomic mass is 10.2. The first-order valence-electron chi connectivity index (χ1n) is 8.46. The van der Waals surface area contributed by atoms with E-state index in [1.807, 2.05) is 11.3 Å². The predicted octanol–water partition coefficient (Wildman–Crippen LogP) is 2.88. The molecule has 0 aliphatic carbocycles. The van der Waals surface area contributed by atoms with Gasteiger partial charge in [-0.1, -0.05) is 6.92 Å². The smallest absolute Gasteiger partial charge is 0.185 e. The van der Waals surface area contributed by atoms with Crippen LogP contribution >= 0.6 is 11.3 Å². The van der Waals surface area contributed by atoms with E-state index in [0.29, 0.717) is 6.04 Å². The van der Waals surface area contributed by atoms with E-state index in [-0.39, 0.29) is 0 Å². The standard InChI is InChI=1S/C16H28N4S/c1-3-7-17-13(2)15-11-18-16(21-15)20-10-5-9-19-8-4-6-14(19)12-20/h11,13-14,17H,3-10,12H2,1-2H3. The third-order valence-electron chi connectivity index (χ3n) is 4.71. The molecule has 1 aromatic heterocycles. The molecule has 2 aliphatic heterocycles. The molecular weight excluding hydrogens is 280 g/mol. The van der Waals surface area contributed by atoms with Crippen LogP contribution in [0.3, 0.4) is 0 Å². The van der Waals surface area contributed by atoms with Crippen LogP contribution in [0.4, 0.5) is 5.13 Å². The summed E-state index contributed by atoms with van der Waals surface area (Å²) in [6.45, 7) is 10.4. The SMILES string of the molecule is CCCNC(C)c1cnc(N2CCCN3CCCC3C2)s1. The molecule has 1 N–H and O–H groups in total. The summed E-state index contributed by atoms with van der Waals surface area (Å²) in [5.41, 5.74) is 0. The van der Waals surface area contributed by atoms with E-state index >= 15 is 0 Å². The van der Waals surface area contributed by atoms with Gasteiger partial charge in [-0.2, -0.15) is 0 Å². The fraction of sp³-hybridized carbons (Fsp3) is 0.812. The van der Waals surface area contributed by atoms with Crippen molar-refractivity contribution in [2.45, 2.75) is 51.6 Å². The van der Waals surface area contributed by atoms with E-state index in [2.05, 4.69) is 35.2 Å². The molecule has 2 saturated heterocycles. The summed E-state index contributed by atoms with van der Waals surface area (Å²) in [5, 5.41) is 4.78. The summed E-state index contributed by atoms with van der Waals surface area (Å²) in [5.74, 6) is 0. The Labute approximate surface area is 132 Å². The van der Waals surface area contributed by atoms with Crippen LogP contribution in [-0.2, 0) is 0 Å². The average Bonchev–Trinajstić information content (AvgIpc) is 3.10. The van der Waals surface area contributed by atoms with Crippen molar-refractivity contribution in [1.29, 1.82) is 0 Å². The summed E-state index contributed by atoms with van der Waals surface area (Å²) in [6, 6.07) is 1.18. The van der Waals surface area contributed by atoms with E-state index in [1.165, 1.54) is 55.3 Å². The lowest BCUT2D eigenvalue weighted by Gasteiger charge is -2.25. The number of nitrogens with one attached hydrogen (secondary N) is 1. The van der Waals surface area contributed by atoms with Crippen LogP contribution < -0.4 is 10.2 Å². The van der Waals surface area contributed by atoms with E-state index < -0.39 is 0 Å². The second-order valence-electron chi connectivity index (χ2n) is 6.35. The molecule has 21 heavy (non-hydrogen) atoms. The Balaban J connectivity index is 1.64. The largest absolute Gasteiger partial charge is 0.346 e. The molecule has 2 aliphatic rings. The fourth-order valence-electron chi connectivity index (χ4n) is 3.47. The van der Waals surface area contributed by atoms with Crippen molar-refractivity contribution in [3.05, 3.63) is 11.1 Å². The molecule has 2 unspecified atom stereocenters. The highest BCUT2D eigenvalue weighted by Gasteiger charge is 2.29. The second kappa shape index (κ2) is 7.07. The highest BCUT2D eigenvalue weighted by atomic mass is 32.1. The zero-order valence-electron chi connectivity index (χ0n) is 13.3. The van der Waals surface area contributed by atoms with Crippen LogP contribution in [0.25, 0.3) is 0 Å². The molecule has 1 aromatic rings. The molecule has 3 heterocycles. The number of hydrogen-bond acceptors (Lipinski definition) is 5. The van der Waals surface area contributed by atoms with Gasteiger partial charge in [0, 0.05) is 42.8 Å². The topological polar surface area (TPSA) is 31.4 Å². The normalized spacial score (nSPS) is 24.9. The van der Waals surface area contributed by atoms with Gasteiger partial charge < -0.3 is 10.2 Å². The molecule has 0 radical (unpaired) electrons. The summed E-state index contributed by atoms with van der Waals surface area (Å²) in [6.07, 6.45) is 7.27. The number of hydrogen-bond donors (Lipinski definition) is 1. The third kappa shape index (κ3) is 3.58. The molecule has 0 aromatic carbocycles. The molecular formula is C16H28N4S. The summed E-state index contributed by atoms with van der Waals surface area (Å²) in [7, 11) is 0. The van der Waals surface area contributed by atoms with Gasteiger partial charge in [0.15, 0.2) is 5.13 Å². The molecule has 118 valence electrons. The van der Waals surface area contributed by atoms with Gasteiger partial charge in [0.1, 0.15) is 0 Å². The van der Waals surface area contributed by atoms with Crippen molar-refractivity contribution in [2.24, 2.45) is 0 Å². The van der Waals surface area contributed by atoms with Gasteiger partial charge in [0.25, 0.3) is 0 Å². The van der Waals surface area contributed by atoms with Crippen LogP contribution in [0.1, 0.15) is 50.4 Å². The zero-order valence-corrected chi connectivity index (χ0v) is 14.2. The van der Waals surface area contributed by atoms with Gasteiger partial charge in [0.05, 0.1) is 0 Å². The molecule has 0 spiro atoms. The maximum atomic E-state index is 4.71. The van der Waals surface area contributed by atoms with Gasteiger partial charge in [-0.05, 0) is 45.7 Å². The Bertz CT molecular complexity index is 447. The number of aromatic nitrogens is 1. The number of fused-ring (bicyclic) bond motifs is 1. The molecule has 0 saturated carbocycles. The molecule has 0 bridgehead atoms. The molecule has 2 atom stereocenters. The predicted molar refractivity (Wildman–Crippen MR) is 90.2 cm³/mol. The van der Waals surface area contributed by atoms with Gasteiger partial charge in [-0.3, -0.25) is 4.90 Å². The van der Waals surface area contributed by atoms with Gasteiger partial charge in [0.2, 0.25) is 0 Å². The first-order valence-corrected chi connectivity index (χ1v) is 9.27. The van der Waals surface area contributed by atoms with E-state index in [4.69, 9.17) is 4.98 Å². The van der Waals surface area contributed by atoms with Crippen molar-refractivity contribution in [1.82, 2.24) is 15.2 Å². The second-order valence-corrected chi connectivity index (χ2v) is 7.39. The maximum Gasteiger partial charge on any atom is 0.185 e. The van der Waals surface area contributed by atoms with E-state index in [1.54, 1.807) is 0 Å². The first kappa shape index (κ1) is 15.3. The summed E-state index contributed by atoms with van der Waals surface area (Å²) in [4.78, 5) is 11.3. The maximum absolute atomic E-state index is 4.71. The average molecular weight is 308 g/mol. The minimum atomic E-state index is 0.422. The molecule has 4 nitrogen and oxygen atoms in total. The Kier molecular flexibility index (Phi) is 5.14. The van der Waals surface area contributed by atoms with Crippen molar-refractivity contribution in [3.8, 4) is 0 Å². The van der Waals surface area contributed by atoms with Gasteiger partial charge >= 0.3 is 0 Å².